The predicted molar refractivity (Wildman–Crippen MR) is 106 cm³/mol. The minimum atomic E-state index is -4.51. The molecule has 1 unspecified atom stereocenters. The number of aryl methyl sites for hydroxylation is 2. The second-order valence-corrected chi connectivity index (χ2v) is 6.97. The van der Waals surface area contributed by atoms with Crippen LogP contribution < -0.4 is 10.6 Å². The normalized spacial score (nSPS) is 17.8. The molecule has 1 aromatic heterocycles. The first-order valence-corrected chi connectivity index (χ1v) is 9.17. The van der Waals surface area contributed by atoms with E-state index in [1.165, 1.54) is 35.5 Å². The number of anilines is 1. The number of carbonyl (C=O) groups excluding carboxylic acids is 1. The van der Waals surface area contributed by atoms with E-state index in [9.17, 15) is 18.0 Å². The molecule has 30 heavy (non-hydrogen) atoms. The highest BCUT2D eigenvalue weighted by Gasteiger charge is 2.36. The molecular weight excluding hydrogens is 395 g/mol. The van der Waals surface area contributed by atoms with Gasteiger partial charge in [0.25, 0.3) is 5.91 Å². The predicted octanol–water partition coefficient (Wildman–Crippen LogP) is 3.70. The summed E-state index contributed by atoms with van der Waals surface area (Å²) in [5.41, 5.74) is 1.70. The van der Waals surface area contributed by atoms with Crippen LogP contribution in [-0.4, -0.2) is 27.8 Å². The average molecular weight is 413 g/mol. The van der Waals surface area contributed by atoms with Crippen LogP contribution in [0.25, 0.3) is 0 Å². The highest BCUT2D eigenvalue weighted by molar-refractivity contribution is 6.11. The van der Waals surface area contributed by atoms with Gasteiger partial charge in [-0.05, 0) is 43.7 Å². The second-order valence-electron chi connectivity index (χ2n) is 6.97. The first kappa shape index (κ1) is 19.7. The molecule has 2 aliphatic heterocycles. The number of benzene rings is 1. The van der Waals surface area contributed by atoms with Crippen molar-refractivity contribution in [1.82, 2.24) is 15.3 Å². The third-order valence-corrected chi connectivity index (χ3v) is 4.79. The zero-order valence-corrected chi connectivity index (χ0v) is 16.2. The van der Waals surface area contributed by atoms with Gasteiger partial charge < -0.3 is 10.6 Å². The number of carbonyl (C=O) groups is 1. The number of nitrogens with zero attached hydrogens (tertiary/aromatic N) is 3. The molecule has 0 aliphatic carbocycles. The molecule has 9 heteroatoms. The molecule has 0 radical (unpaired) electrons. The van der Waals surface area contributed by atoms with Crippen molar-refractivity contribution in [2.75, 3.05) is 5.32 Å². The molecule has 154 valence electrons. The Hall–Kier alpha value is -3.62. The largest absolute Gasteiger partial charge is 0.417 e. The van der Waals surface area contributed by atoms with Crippen LogP contribution in [0.4, 0.5) is 18.9 Å². The lowest BCUT2D eigenvalue weighted by Crippen LogP contribution is -2.37. The van der Waals surface area contributed by atoms with Crippen molar-refractivity contribution in [3.63, 3.8) is 0 Å². The van der Waals surface area contributed by atoms with Crippen LogP contribution in [0.3, 0.4) is 0 Å². The van der Waals surface area contributed by atoms with Gasteiger partial charge in [0, 0.05) is 17.5 Å². The van der Waals surface area contributed by atoms with Gasteiger partial charge >= 0.3 is 6.18 Å². The van der Waals surface area contributed by atoms with Gasteiger partial charge in [-0.3, -0.25) is 9.78 Å². The van der Waals surface area contributed by atoms with E-state index in [-0.39, 0.29) is 17.0 Å². The number of alkyl halides is 3. The summed E-state index contributed by atoms with van der Waals surface area (Å²) in [5, 5.41) is 11.5. The molecular formula is C21H18F3N5O. The van der Waals surface area contributed by atoms with E-state index in [1.807, 2.05) is 19.9 Å². The Morgan fingerprint density at radius 2 is 2.00 bits per heavy atom. The summed E-state index contributed by atoms with van der Waals surface area (Å²) in [4.78, 5) is 17.0. The number of halogens is 3. The maximum absolute atomic E-state index is 13.4. The first-order chi connectivity index (χ1) is 14.2. The Morgan fingerprint density at radius 1 is 1.23 bits per heavy atom. The summed E-state index contributed by atoms with van der Waals surface area (Å²) < 4.78 is 40.2. The fraction of sp³-hybridized carbons (Fsp3) is 0.190. The second kappa shape index (κ2) is 7.33. The number of hydrogen-bond acceptors (Lipinski definition) is 5. The van der Waals surface area contributed by atoms with Gasteiger partial charge in [0.2, 0.25) is 0 Å². The maximum Gasteiger partial charge on any atom is 0.417 e. The summed E-state index contributed by atoms with van der Waals surface area (Å²) in [6.45, 7) is 3.70. The Labute approximate surface area is 170 Å². The molecule has 2 aliphatic rings. The molecule has 6 nitrogen and oxygen atoms in total. The molecule has 1 atom stereocenters. The van der Waals surface area contributed by atoms with Gasteiger partial charge in [0.1, 0.15) is 11.9 Å². The van der Waals surface area contributed by atoms with Crippen LogP contribution in [0, 0.1) is 13.8 Å². The number of nitrogens with one attached hydrogen (secondary N) is 2. The molecule has 3 heterocycles. The van der Waals surface area contributed by atoms with Crippen molar-refractivity contribution in [2.24, 2.45) is 5.10 Å². The third kappa shape index (κ3) is 3.66. The van der Waals surface area contributed by atoms with Crippen molar-refractivity contribution in [1.29, 1.82) is 0 Å². The fourth-order valence-electron chi connectivity index (χ4n) is 3.32. The topological polar surface area (TPSA) is 69.6 Å². The van der Waals surface area contributed by atoms with E-state index < -0.39 is 23.8 Å². The van der Waals surface area contributed by atoms with Crippen molar-refractivity contribution < 1.29 is 18.0 Å². The highest BCUT2D eigenvalue weighted by Crippen LogP contribution is 2.33. The Bertz CT molecular complexity index is 1100. The minimum Gasteiger partial charge on any atom is -0.365 e. The van der Waals surface area contributed by atoms with Crippen LogP contribution in [0.15, 0.2) is 65.7 Å². The molecule has 4 rings (SSSR count). The third-order valence-electron chi connectivity index (χ3n) is 4.79. The molecule has 0 fully saturated rings. The summed E-state index contributed by atoms with van der Waals surface area (Å²) in [7, 11) is 0. The van der Waals surface area contributed by atoms with Crippen LogP contribution >= 0.6 is 0 Å². The fourth-order valence-corrected chi connectivity index (χ4v) is 3.32. The number of aromatic nitrogens is 1. The Morgan fingerprint density at radius 3 is 2.73 bits per heavy atom. The summed E-state index contributed by atoms with van der Waals surface area (Å²) >= 11 is 0. The number of fused-ring (bicyclic) bond motifs is 1. The zero-order chi connectivity index (χ0) is 21.5. The molecule has 0 saturated heterocycles. The van der Waals surface area contributed by atoms with Gasteiger partial charge in [0.15, 0.2) is 0 Å². The maximum atomic E-state index is 13.4. The molecule has 0 spiro atoms. The summed E-state index contributed by atoms with van der Waals surface area (Å²) in [5.74, 6) is -0.443. The summed E-state index contributed by atoms with van der Waals surface area (Å²) in [6, 6.07) is 7.06. The van der Waals surface area contributed by atoms with E-state index in [0.717, 1.165) is 17.3 Å². The smallest absolute Gasteiger partial charge is 0.365 e. The zero-order valence-electron chi connectivity index (χ0n) is 16.2. The van der Waals surface area contributed by atoms with Crippen molar-refractivity contribution in [3.05, 3.63) is 83.0 Å². The Kier molecular flexibility index (Phi) is 4.81. The molecule has 2 aromatic rings. The molecule has 0 saturated carbocycles. The number of hydrazone groups is 1. The SMILES string of the molecule is Cc1cc(C)c(NC(=O)C2=CNC3C=CC(c4ccccc4C(F)(F)F)=NN23)cn1. The van der Waals surface area contributed by atoms with Gasteiger partial charge in [-0.2, -0.15) is 18.3 Å². The van der Waals surface area contributed by atoms with Crippen LogP contribution in [-0.2, 0) is 11.0 Å². The number of allylic oxidation sites excluding steroid dienone is 1. The van der Waals surface area contributed by atoms with Crippen LogP contribution in [0.5, 0.6) is 0 Å². The number of rotatable bonds is 3. The van der Waals surface area contributed by atoms with Gasteiger partial charge in [0.05, 0.1) is 23.2 Å². The minimum absolute atomic E-state index is 0.0510. The molecule has 0 bridgehead atoms. The van der Waals surface area contributed by atoms with E-state index in [0.29, 0.717) is 5.69 Å². The lowest BCUT2D eigenvalue weighted by atomic mass is 10.0. The highest BCUT2D eigenvalue weighted by atomic mass is 19.4. The van der Waals surface area contributed by atoms with Crippen molar-refractivity contribution in [2.45, 2.75) is 26.2 Å². The summed E-state index contributed by atoms with van der Waals surface area (Å²) in [6.07, 6.45) is 1.26. The van der Waals surface area contributed by atoms with Gasteiger partial charge in [-0.15, -0.1) is 0 Å². The monoisotopic (exact) mass is 413 g/mol. The van der Waals surface area contributed by atoms with Crippen LogP contribution in [0.2, 0.25) is 0 Å². The van der Waals surface area contributed by atoms with Crippen molar-refractivity contribution >= 4 is 17.3 Å². The van der Waals surface area contributed by atoms with E-state index in [2.05, 4.69) is 20.7 Å². The number of amides is 1. The van der Waals surface area contributed by atoms with E-state index in [1.54, 1.807) is 12.3 Å². The molecule has 2 N–H and O–H groups in total. The van der Waals surface area contributed by atoms with E-state index >= 15 is 0 Å². The lowest BCUT2D eigenvalue weighted by molar-refractivity contribution is -0.137. The van der Waals surface area contributed by atoms with Crippen molar-refractivity contribution in [3.8, 4) is 0 Å². The standard InChI is InChI=1S/C21H18F3N5O/c1-12-9-13(2)25-10-17(12)27-20(30)18-11-26-19-8-7-16(28-29(18)19)14-5-3-4-6-15(14)21(22,23)24/h3-11,19,26H,1-2H3,(H,27,30). The quantitative estimate of drug-likeness (QED) is 0.805. The average Bonchev–Trinajstić information content (AvgIpc) is 3.13. The van der Waals surface area contributed by atoms with E-state index in [4.69, 9.17) is 0 Å². The van der Waals surface area contributed by atoms with Crippen LogP contribution in [0.1, 0.15) is 22.4 Å². The number of hydrogen-bond donors (Lipinski definition) is 2. The lowest BCUT2D eigenvalue weighted by Gasteiger charge is -2.26. The van der Waals surface area contributed by atoms with Gasteiger partial charge in [-0.1, -0.05) is 18.2 Å². The van der Waals surface area contributed by atoms with Gasteiger partial charge in [-0.25, -0.2) is 5.01 Å². The molecule has 1 aromatic carbocycles. The number of pyridine rings is 1. The molecule has 1 amide bonds. The first-order valence-electron chi connectivity index (χ1n) is 9.17. The Balaban J connectivity index is 1.62.